The van der Waals surface area contributed by atoms with Gasteiger partial charge in [0.2, 0.25) is 5.91 Å². The van der Waals surface area contributed by atoms with E-state index >= 15 is 0 Å². The van der Waals surface area contributed by atoms with Gasteiger partial charge in [-0.25, -0.2) is 4.79 Å². The van der Waals surface area contributed by atoms with Crippen LogP contribution in [0.2, 0.25) is 0 Å². The van der Waals surface area contributed by atoms with Crippen molar-refractivity contribution in [3.8, 4) is 5.75 Å². The van der Waals surface area contributed by atoms with Crippen molar-refractivity contribution in [2.75, 3.05) is 13.7 Å². The van der Waals surface area contributed by atoms with Crippen molar-refractivity contribution in [1.29, 1.82) is 0 Å². The van der Waals surface area contributed by atoms with Gasteiger partial charge in [0.25, 0.3) is 5.91 Å². The maximum atomic E-state index is 13.1. The van der Waals surface area contributed by atoms with Crippen LogP contribution in [0.1, 0.15) is 39.2 Å². The van der Waals surface area contributed by atoms with Gasteiger partial charge >= 0.3 is 6.03 Å². The standard InChI is InChI=1S/C22H27N3O4/c1-5-17(6-2)23-19(26)13-25-20(27)22(3,24-21(25)28)16-9-7-15-12-18(29-4)10-8-14(15)11-16/h7-12,17H,5-6,13H2,1-4H3,(H,23,26)(H,24,28)/t22-/m1/s1. The molecule has 0 spiro atoms. The van der Waals surface area contributed by atoms with Crippen LogP contribution >= 0.6 is 0 Å². The minimum Gasteiger partial charge on any atom is -0.497 e. The summed E-state index contributed by atoms with van der Waals surface area (Å²) in [5, 5.41) is 7.51. The number of urea groups is 1. The molecule has 154 valence electrons. The number of carbonyl (C=O) groups excluding carboxylic acids is 3. The molecule has 1 aliphatic heterocycles. The molecule has 1 heterocycles. The van der Waals surface area contributed by atoms with Crippen LogP contribution in [-0.2, 0) is 15.1 Å². The van der Waals surface area contributed by atoms with E-state index in [2.05, 4.69) is 10.6 Å². The summed E-state index contributed by atoms with van der Waals surface area (Å²) in [6.45, 7) is 5.33. The molecule has 0 aromatic heterocycles. The normalized spacial score (nSPS) is 19.0. The van der Waals surface area contributed by atoms with Gasteiger partial charge in [-0.3, -0.25) is 14.5 Å². The molecule has 0 radical (unpaired) electrons. The molecule has 1 aliphatic rings. The fourth-order valence-electron chi connectivity index (χ4n) is 3.61. The molecule has 2 aromatic rings. The second-order valence-electron chi connectivity index (χ2n) is 7.46. The lowest BCUT2D eigenvalue weighted by atomic mass is 9.90. The first kappa shape index (κ1) is 20.6. The van der Waals surface area contributed by atoms with Gasteiger partial charge < -0.3 is 15.4 Å². The van der Waals surface area contributed by atoms with Crippen molar-refractivity contribution in [3.05, 3.63) is 42.0 Å². The van der Waals surface area contributed by atoms with Gasteiger partial charge in [-0.1, -0.05) is 32.0 Å². The highest BCUT2D eigenvalue weighted by molar-refractivity contribution is 6.09. The highest BCUT2D eigenvalue weighted by atomic mass is 16.5. The average Bonchev–Trinajstić information content (AvgIpc) is 2.95. The predicted molar refractivity (Wildman–Crippen MR) is 111 cm³/mol. The van der Waals surface area contributed by atoms with Crippen LogP contribution in [0.25, 0.3) is 10.8 Å². The monoisotopic (exact) mass is 397 g/mol. The maximum absolute atomic E-state index is 13.1. The number of amides is 4. The second-order valence-corrected chi connectivity index (χ2v) is 7.46. The molecular formula is C22H27N3O4. The lowest BCUT2D eigenvalue weighted by Gasteiger charge is -2.23. The molecule has 2 N–H and O–H groups in total. The van der Waals surface area contributed by atoms with Crippen LogP contribution in [0.3, 0.4) is 0 Å². The number of ether oxygens (including phenoxy) is 1. The highest BCUT2D eigenvalue weighted by Crippen LogP contribution is 2.31. The zero-order chi connectivity index (χ0) is 21.2. The van der Waals surface area contributed by atoms with E-state index < -0.39 is 17.5 Å². The number of hydrogen-bond acceptors (Lipinski definition) is 4. The van der Waals surface area contributed by atoms with Crippen molar-refractivity contribution in [1.82, 2.24) is 15.5 Å². The Morgan fingerprint density at radius 2 is 1.79 bits per heavy atom. The molecule has 0 unspecified atom stereocenters. The zero-order valence-corrected chi connectivity index (χ0v) is 17.2. The Morgan fingerprint density at radius 1 is 1.14 bits per heavy atom. The van der Waals surface area contributed by atoms with E-state index in [1.807, 2.05) is 50.2 Å². The summed E-state index contributed by atoms with van der Waals surface area (Å²) in [6, 6.07) is 10.7. The van der Waals surface area contributed by atoms with E-state index in [1.165, 1.54) is 0 Å². The fourth-order valence-corrected chi connectivity index (χ4v) is 3.61. The summed E-state index contributed by atoms with van der Waals surface area (Å²) in [5.74, 6) is -0.0246. The SMILES string of the molecule is CCC(CC)NC(=O)CN1C(=O)N[C@](C)(c2ccc3cc(OC)ccc3c2)C1=O. The van der Waals surface area contributed by atoms with E-state index in [1.54, 1.807) is 14.0 Å². The first-order valence-electron chi connectivity index (χ1n) is 9.84. The number of benzene rings is 2. The number of nitrogens with one attached hydrogen (secondary N) is 2. The number of rotatable bonds is 7. The van der Waals surface area contributed by atoms with Crippen LogP contribution in [0.15, 0.2) is 36.4 Å². The van der Waals surface area contributed by atoms with Gasteiger partial charge in [0, 0.05) is 6.04 Å². The zero-order valence-electron chi connectivity index (χ0n) is 17.2. The lowest BCUT2D eigenvalue weighted by Crippen LogP contribution is -2.45. The van der Waals surface area contributed by atoms with Gasteiger partial charge in [0.05, 0.1) is 7.11 Å². The van der Waals surface area contributed by atoms with Crippen LogP contribution < -0.4 is 15.4 Å². The van der Waals surface area contributed by atoms with Crippen molar-refractivity contribution in [2.45, 2.75) is 45.2 Å². The number of methoxy groups -OCH3 is 1. The molecule has 2 aromatic carbocycles. The summed E-state index contributed by atoms with van der Waals surface area (Å²) in [7, 11) is 1.61. The molecule has 1 saturated heterocycles. The molecular weight excluding hydrogens is 370 g/mol. The summed E-state index contributed by atoms with van der Waals surface area (Å²) in [5.41, 5.74) is -0.558. The highest BCUT2D eigenvalue weighted by Gasteiger charge is 2.49. The molecule has 3 rings (SSSR count). The van der Waals surface area contributed by atoms with Gasteiger partial charge in [-0.05, 0) is 54.3 Å². The third-order valence-electron chi connectivity index (χ3n) is 5.55. The van der Waals surface area contributed by atoms with Crippen LogP contribution in [0.4, 0.5) is 4.79 Å². The van der Waals surface area contributed by atoms with Crippen LogP contribution in [0, 0.1) is 0 Å². The first-order valence-corrected chi connectivity index (χ1v) is 9.84. The molecule has 0 saturated carbocycles. The minimum atomic E-state index is -1.22. The van der Waals surface area contributed by atoms with E-state index in [9.17, 15) is 14.4 Å². The van der Waals surface area contributed by atoms with E-state index in [0.29, 0.717) is 5.56 Å². The summed E-state index contributed by atoms with van der Waals surface area (Å²) >= 11 is 0. The Morgan fingerprint density at radius 3 is 2.45 bits per heavy atom. The molecule has 1 atom stereocenters. The minimum absolute atomic E-state index is 0.0344. The van der Waals surface area contributed by atoms with Gasteiger partial charge in [-0.2, -0.15) is 0 Å². The van der Waals surface area contributed by atoms with Crippen LogP contribution in [0.5, 0.6) is 5.75 Å². The first-order chi connectivity index (χ1) is 13.8. The third-order valence-corrected chi connectivity index (χ3v) is 5.55. The fraction of sp³-hybridized carbons (Fsp3) is 0.409. The van der Waals surface area contributed by atoms with Crippen molar-refractivity contribution in [3.63, 3.8) is 0 Å². The van der Waals surface area contributed by atoms with Crippen molar-refractivity contribution in [2.24, 2.45) is 0 Å². The molecule has 4 amide bonds. The lowest BCUT2D eigenvalue weighted by molar-refractivity contribution is -0.135. The van der Waals surface area contributed by atoms with Crippen molar-refractivity contribution < 1.29 is 19.1 Å². The van der Waals surface area contributed by atoms with E-state index in [4.69, 9.17) is 4.74 Å². The second kappa shape index (κ2) is 8.11. The number of imide groups is 1. The molecule has 29 heavy (non-hydrogen) atoms. The summed E-state index contributed by atoms with van der Waals surface area (Å²) in [6.07, 6.45) is 1.59. The summed E-state index contributed by atoms with van der Waals surface area (Å²) in [4.78, 5) is 38.8. The topological polar surface area (TPSA) is 87.7 Å². The van der Waals surface area contributed by atoms with Gasteiger partial charge in [-0.15, -0.1) is 0 Å². The van der Waals surface area contributed by atoms with Crippen molar-refractivity contribution >= 4 is 28.6 Å². The summed E-state index contributed by atoms with van der Waals surface area (Å²) < 4.78 is 5.24. The number of hydrogen-bond donors (Lipinski definition) is 2. The molecule has 0 aliphatic carbocycles. The Balaban J connectivity index is 1.83. The Hall–Kier alpha value is -3.09. The molecule has 0 bridgehead atoms. The van der Waals surface area contributed by atoms with E-state index in [-0.39, 0.29) is 18.5 Å². The quantitative estimate of drug-likeness (QED) is 0.703. The van der Waals surface area contributed by atoms with Gasteiger partial charge in [0.15, 0.2) is 0 Å². The van der Waals surface area contributed by atoms with Gasteiger partial charge in [0.1, 0.15) is 17.8 Å². The Bertz CT molecular complexity index is 954. The predicted octanol–water partition coefficient (Wildman–Crippen LogP) is 2.92. The largest absolute Gasteiger partial charge is 0.497 e. The average molecular weight is 397 g/mol. The number of fused-ring (bicyclic) bond motifs is 1. The number of nitrogens with zero attached hydrogens (tertiary/aromatic N) is 1. The third kappa shape index (κ3) is 3.90. The Labute approximate surface area is 170 Å². The number of carbonyl (C=O) groups is 3. The Kier molecular flexibility index (Phi) is 5.77. The van der Waals surface area contributed by atoms with Crippen LogP contribution in [-0.4, -0.2) is 42.4 Å². The molecule has 1 fully saturated rings. The molecule has 7 nitrogen and oxygen atoms in total. The molecule has 7 heteroatoms. The smallest absolute Gasteiger partial charge is 0.325 e. The van der Waals surface area contributed by atoms with E-state index in [0.717, 1.165) is 34.3 Å². The maximum Gasteiger partial charge on any atom is 0.325 e.